The first-order valence-electron chi connectivity index (χ1n) is 7.10. The summed E-state index contributed by atoms with van der Waals surface area (Å²) in [7, 11) is -3.47. The van der Waals surface area contributed by atoms with Gasteiger partial charge in [-0.1, -0.05) is 38.2 Å². The fourth-order valence-electron chi connectivity index (χ4n) is 1.96. The van der Waals surface area contributed by atoms with Gasteiger partial charge in [0.15, 0.2) is 0 Å². The zero-order chi connectivity index (χ0) is 16.0. The third-order valence-corrected chi connectivity index (χ3v) is 4.90. The first-order chi connectivity index (χ1) is 9.70. The number of thiocarbonyl (C=S) groups is 1. The minimum absolute atomic E-state index is 0.0753. The van der Waals surface area contributed by atoms with E-state index in [1.807, 2.05) is 6.92 Å². The van der Waals surface area contributed by atoms with Gasteiger partial charge in [0.25, 0.3) is 0 Å². The van der Waals surface area contributed by atoms with Gasteiger partial charge in [-0.2, -0.15) is 0 Å². The lowest BCUT2D eigenvalue weighted by Crippen LogP contribution is -2.32. The van der Waals surface area contributed by atoms with Crippen LogP contribution in [0.1, 0.15) is 39.2 Å². The maximum absolute atomic E-state index is 12.3. The largest absolute Gasteiger partial charge is 0.393 e. The first kappa shape index (κ1) is 18.1. The molecule has 1 unspecified atom stereocenters. The van der Waals surface area contributed by atoms with Crippen LogP contribution in [0.2, 0.25) is 0 Å². The van der Waals surface area contributed by atoms with Crippen LogP contribution in [0.15, 0.2) is 29.2 Å². The number of sulfonamides is 1. The van der Waals surface area contributed by atoms with Gasteiger partial charge in [-0.15, -0.1) is 0 Å². The maximum atomic E-state index is 12.3. The molecule has 4 nitrogen and oxygen atoms in total. The third-order valence-electron chi connectivity index (χ3n) is 3.15. The molecular formula is C15H24N2O2S2. The second kappa shape index (κ2) is 7.87. The summed E-state index contributed by atoms with van der Waals surface area (Å²) in [6, 6.07) is 6.59. The molecular weight excluding hydrogens is 304 g/mol. The molecule has 0 radical (unpaired) electrons. The van der Waals surface area contributed by atoms with Crippen LogP contribution in [0.4, 0.5) is 0 Å². The molecule has 1 aromatic rings. The van der Waals surface area contributed by atoms with E-state index in [4.69, 9.17) is 18.0 Å². The first-order valence-corrected chi connectivity index (χ1v) is 8.99. The van der Waals surface area contributed by atoms with Crippen molar-refractivity contribution in [1.82, 2.24) is 4.72 Å². The van der Waals surface area contributed by atoms with E-state index in [9.17, 15) is 8.42 Å². The quantitative estimate of drug-likeness (QED) is 0.720. The molecule has 3 N–H and O–H groups in total. The molecule has 0 heterocycles. The Hall–Kier alpha value is -0.980. The second-order valence-electron chi connectivity index (χ2n) is 5.78. The average Bonchev–Trinajstić information content (AvgIpc) is 2.35. The van der Waals surface area contributed by atoms with Gasteiger partial charge in [0.2, 0.25) is 10.0 Å². The second-order valence-corrected chi connectivity index (χ2v) is 8.02. The molecule has 118 valence electrons. The molecule has 0 aliphatic rings. The van der Waals surface area contributed by atoms with E-state index < -0.39 is 10.0 Å². The summed E-state index contributed by atoms with van der Waals surface area (Å²) in [5, 5.41) is 0. The van der Waals surface area contributed by atoms with E-state index in [0.29, 0.717) is 17.3 Å². The van der Waals surface area contributed by atoms with Gasteiger partial charge < -0.3 is 5.73 Å². The molecule has 1 rings (SSSR count). The highest BCUT2D eigenvalue weighted by Gasteiger charge is 2.17. The summed E-state index contributed by atoms with van der Waals surface area (Å²) in [4.78, 5) is 0.664. The lowest BCUT2D eigenvalue weighted by Gasteiger charge is -2.15. The normalized spacial score (nSPS) is 13.3. The summed E-state index contributed by atoms with van der Waals surface area (Å²) in [5.74, 6) is 0.566. The molecule has 0 spiro atoms. The average molecular weight is 329 g/mol. The number of benzene rings is 1. The van der Waals surface area contributed by atoms with Crippen molar-refractivity contribution in [2.45, 2.75) is 51.0 Å². The SMILES string of the molecule is CC(C)CCC(C)NS(=O)(=O)c1ccc(CC(N)=S)cc1. The highest BCUT2D eigenvalue weighted by atomic mass is 32.2. The van der Waals surface area contributed by atoms with Crippen molar-refractivity contribution in [2.75, 3.05) is 0 Å². The molecule has 0 bridgehead atoms. The molecule has 0 fully saturated rings. The minimum Gasteiger partial charge on any atom is -0.393 e. The van der Waals surface area contributed by atoms with Crippen molar-refractivity contribution in [1.29, 1.82) is 0 Å². The van der Waals surface area contributed by atoms with Crippen LogP contribution in [0.3, 0.4) is 0 Å². The van der Waals surface area contributed by atoms with Crippen molar-refractivity contribution >= 4 is 27.2 Å². The Morgan fingerprint density at radius 2 is 1.76 bits per heavy atom. The molecule has 0 aliphatic carbocycles. The lowest BCUT2D eigenvalue weighted by atomic mass is 10.1. The minimum atomic E-state index is -3.47. The number of hydrogen-bond donors (Lipinski definition) is 2. The molecule has 6 heteroatoms. The van der Waals surface area contributed by atoms with E-state index in [2.05, 4.69) is 18.6 Å². The van der Waals surface area contributed by atoms with E-state index in [1.165, 1.54) is 0 Å². The molecule has 0 aliphatic heterocycles. The fourth-order valence-corrected chi connectivity index (χ4v) is 3.41. The highest BCUT2D eigenvalue weighted by Crippen LogP contribution is 2.13. The van der Waals surface area contributed by atoms with Gasteiger partial charge in [0, 0.05) is 12.5 Å². The molecule has 0 amide bonds. The van der Waals surface area contributed by atoms with Crippen molar-refractivity contribution in [3.63, 3.8) is 0 Å². The monoisotopic (exact) mass is 328 g/mol. The lowest BCUT2D eigenvalue weighted by molar-refractivity contribution is 0.485. The van der Waals surface area contributed by atoms with Gasteiger partial charge >= 0.3 is 0 Å². The Balaban J connectivity index is 2.71. The van der Waals surface area contributed by atoms with Crippen LogP contribution in [0.25, 0.3) is 0 Å². The summed E-state index contributed by atoms with van der Waals surface area (Å²) < 4.78 is 27.2. The van der Waals surface area contributed by atoms with Crippen LogP contribution in [-0.2, 0) is 16.4 Å². The molecule has 21 heavy (non-hydrogen) atoms. The van der Waals surface area contributed by atoms with Crippen molar-refractivity contribution < 1.29 is 8.42 Å². The van der Waals surface area contributed by atoms with E-state index in [-0.39, 0.29) is 10.9 Å². The van der Waals surface area contributed by atoms with Gasteiger partial charge in [-0.3, -0.25) is 0 Å². The molecule has 0 saturated heterocycles. The predicted octanol–water partition coefficient (Wildman–Crippen LogP) is 2.62. The molecule has 0 aromatic heterocycles. The topological polar surface area (TPSA) is 72.2 Å². The Morgan fingerprint density at radius 3 is 2.24 bits per heavy atom. The predicted molar refractivity (Wildman–Crippen MR) is 90.8 cm³/mol. The van der Waals surface area contributed by atoms with E-state index >= 15 is 0 Å². The number of rotatable bonds is 8. The van der Waals surface area contributed by atoms with Gasteiger partial charge in [0.1, 0.15) is 0 Å². The number of hydrogen-bond acceptors (Lipinski definition) is 3. The smallest absolute Gasteiger partial charge is 0.240 e. The van der Waals surface area contributed by atoms with Crippen LogP contribution >= 0.6 is 12.2 Å². The number of nitrogens with two attached hydrogens (primary N) is 1. The van der Waals surface area contributed by atoms with E-state index in [0.717, 1.165) is 18.4 Å². The molecule has 1 aromatic carbocycles. The van der Waals surface area contributed by atoms with Crippen LogP contribution < -0.4 is 10.5 Å². The van der Waals surface area contributed by atoms with Crippen molar-refractivity contribution in [3.05, 3.63) is 29.8 Å². The van der Waals surface area contributed by atoms with Gasteiger partial charge in [-0.05, 0) is 43.4 Å². The van der Waals surface area contributed by atoms with Crippen molar-refractivity contribution in [2.24, 2.45) is 11.7 Å². The standard InChI is InChI=1S/C15H24N2O2S2/c1-11(2)4-5-12(3)17-21(18,19)14-8-6-13(7-9-14)10-15(16)20/h6-9,11-12,17H,4-5,10H2,1-3H3,(H2,16,20). The Labute approximate surface area is 133 Å². The van der Waals surface area contributed by atoms with Gasteiger partial charge in [-0.25, -0.2) is 13.1 Å². The Bertz CT molecular complexity index is 566. The summed E-state index contributed by atoms with van der Waals surface area (Å²) >= 11 is 4.84. The highest BCUT2D eigenvalue weighted by molar-refractivity contribution is 7.89. The number of nitrogens with one attached hydrogen (secondary N) is 1. The molecule has 0 saturated carbocycles. The molecule has 1 atom stereocenters. The Kier molecular flexibility index (Phi) is 6.77. The Morgan fingerprint density at radius 1 is 1.19 bits per heavy atom. The fraction of sp³-hybridized carbons (Fsp3) is 0.533. The zero-order valence-electron chi connectivity index (χ0n) is 12.8. The zero-order valence-corrected chi connectivity index (χ0v) is 14.4. The van der Waals surface area contributed by atoms with Crippen LogP contribution in [0.5, 0.6) is 0 Å². The summed E-state index contributed by atoms with van der Waals surface area (Å²) in [5.41, 5.74) is 6.38. The maximum Gasteiger partial charge on any atom is 0.240 e. The van der Waals surface area contributed by atoms with Crippen LogP contribution in [-0.4, -0.2) is 19.4 Å². The summed E-state index contributed by atoms with van der Waals surface area (Å²) in [6.07, 6.45) is 2.31. The van der Waals surface area contributed by atoms with E-state index in [1.54, 1.807) is 24.3 Å². The van der Waals surface area contributed by atoms with Gasteiger partial charge in [0.05, 0.1) is 9.88 Å². The third kappa shape index (κ3) is 6.54. The summed E-state index contributed by atoms with van der Waals surface area (Å²) in [6.45, 7) is 6.14. The van der Waals surface area contributed by atoms with Crippen LogP contribution in [0, 0.1) is 5.92 Å². The van der Waals surface area contributed by atoms with Crippen molar-refractivity contribution in [3.8, 4) is 0 Å².